The SMILES string of the molecule is Cc1ccc(C(C)C)c(OCc2nc3ccccc3n2CCCOc2c(C)cccc2C)c1. The van der Waals surface area contributed by atoms with E-state index in [1.165, 1.54) is 22.3 Å². The predicted molar refractivity (Wildman–Crippen MR) is 135 cm³/mol. The highest BCUT2D eigenvalue weighted by atomic mass is 16.5. The van der Waals surface area contributed by atoms with Crippen LogP contribution in [0.1, 0.15) is 54.3 Å². The Morgan fingerprint density at radius 1 is 0.879 bits per heavy atom. The van der Waals surface area contributed by atoms with E-state index in [4.69, 9.17) is 14.5 Å². The highest BCUT2D eigenvalue weighted by molar-refractivity contribution is 5.75. The zero-order valence-corrected chi connectivity index (χ0v) is 20.4. The maximum atomic E-state index is 6.33. The van der Waals surface area contributed by atoms with Crippen LogP contribution in [0.2, 0.25) is 0 Å². The second-order valence-corrected chi connectivity index (χ2v) is 9.08. The Kier molecular flexibility index (Phi) is 7.02. The third-order valence-electron chi connectivity index (χ3n) is 6.06. The molecule has 0 aliphatic rings. The van der Waals surface area contributed by atoms with Crippen LogP contribution in [0, 0.1) is 20.8 Å². The van der Waals surface area contributed by atoms with Crippen LogP contribution in [0.15, 0.2) is 60.7 Å². The van der Waals surface area contributed by atoms with Crippen LogP contribution >= 0.6 is 0 Å². The molecule has 0 atom stereocenters. The lowest BCUT2D eigenvalue weighted by Crippen LogP contribution is -2.11. The van der Waals surface area contributed by atoms with Crippen LogP contribution in [-0.2, 0) is 13.2 Å². The highest BCUT2D eigenvalue weighted by Crippen LogP contribution is 2.29. The van der Waals surface area contributed by atoms with Crippen LogP contribution in [0.5, 0.6) is 11.5 Å². The van der Waals surface area contributed by atoms with Crippen molar-refractivity contribution in [3.8, 4) is 11.5 Å². The fourth-order valence-corrected chi connectivity index (χ4v) is 4.29. The first-order valence-corrected chi connectivity index (χ1v) is 11.8. The zero-order chi connectivity index (χ0) is 23.4. The zero-order valence-electron chi connectivity index (χ0n) is 20.4. The van der Waals surface area contributed by atoms with Crippen molar-refractivity contribution in [3.05, 3.63) is 88.7 Å². The van der Waals surface area contributed by atoms with E-state index in [0.29, 0.717) is 19.1 Å². The van der Waals surface area contributed by atoms with Gasteiger partial charge >= 0.3 is 0 Å². The molecule has 4 aromatic rings. The van der Waals surface area contributed by atoms with Gasteiger partial charge in [-0.25, -0.2) is 4.98 Å². The molecule has 0 fully saturated rings. The number of nitrogens with zero attached hydrogens (tertiary/aromatic N) is 2. The molecule has 0 aliphatic heterocycles. The molecule has 1 aromatic heterocycles. The fraction of sp³-hybridized carbons (Fsp3) is 0.345. The van der Waals surface area contributed by atoms with Crippen LogP contribution in [0.25, 0.3) is 11.0 Å². The third kappa shape index (κ3) is 5.22. The summed E-state index contributed by atoms with van der Waals surface area (Å²) in [4.78, 5) is 4.89. The molecule has 4 heteroatoms. The Labute approximate surface area is 197 Å². The number of ether oxygens (including phenoxy) is 2. The maximum Gasteiger partial charge on any atom is 0.148 e. The van der Waals surface area contributed by atoms with Gasteiger partial charge in [-0.05, 0) is 73.6 Å². The Bertz CT molecular complexity index is 1220. The second-order valence-electron chi connectivity index (χ2n) is 9.08. The minimum absolute atomic E-state index is 0.404. The van der Waals surface area contributed by atoms with Gasteiger partial charge in [0.25, 0.3) is 0 Å². The Morgan fingerprint density at radius 2 is 1.64 bits per heavy atom. The molecule has 0 aliphatic carbocycles. The van der Waals surface area contributed by atoms with Gasteiger partial charge in [-0.15, -0.1) is 0 Å². The maximum absolute atomic E-state index is 6.33. The van der Waals surface area contributed by atoms with Gasteiger partial charge in [0, 0.05) is 6.54 Å². The molecular weight excluding hydrogens is 408 g/mol. The lowest BCUT2D eigenvalue weighted by molar-refractivity contribution is 0.276. The van der Waals surface area contributed by atoms with E-state index in [9.17, 15) is 0 Å². The van der Waals surface area contributed by atoms with E-state index < -0.39 is 0 Å². The standard InChI is InChI=1S/C29H34N2O2/c1-20(2)24-15-14-21(3)18-27(24)33-19-28-30-25-12-6-7-13-26(25)31(28)16-9-17-32-29-22(4)10-8-11-23(29)5/h6-8,10-15,18,20H,9,16-17,19H2,1-5H3. The summed E-state index contributed by atoms with van der Waals surface area (Å²) >= 11 is 0. The van der Waals surface area contributed by atoms with Gasteiger partial charge < -0.3 is 14.0 Å². The van der Waals surface area contributed by atoms with Crippen LogP contribution in [-0.4, -0.2) is 16.2 Å². The number of aryl methyl sites for hydroxylation is 4. The van der Waals surface area contributed by atoms with Crippen molar-refractivity contribution in [2.75, 3.05) is 6.61 Å². The van der Waals surface area contributed by atoms with E-state index in [2.05, 4.69) is 93.8 Å². The molecule has 4 rings (SSSR count). The average molecular weight is 443 g/mol. The van der Waals surface area contributed by atoms with Gasteiger partial charge in [0.2, 0.25) is 0 Å². The van der Waals surface area contributed by atoms with E-state index in [1.54, 1.807) is 0 Å². The molecule has 0 radical (unpaired) electrons. The van der Waals surface area contributed by atoms with Gasteiger partial charge in [0.15, 0.2) is 0 Å². The molecule has 4 nitrogen and oxygen atoms in total. The molecule has 0 amide bonds. The summed E-state index contributed by atoms with van der Waals surface area (Å²) < 4.78 is 14.7. The van der Waals surface area contributed by atoms with Crippen LogP contribution in [0.4, 0.5) is 0 Å². The van der Waals surface area contributed by atoms with Crippen LogP contribution in [0.3, 0.4) is 0 Å². The highest BCUT2D eigenvalue weighted by Gasteiger charge is 2.14. The number of benzene rings is 3. The Morgan fingerprint density at radius 3 is 2.39 bits per heavy atom. The molecule has 0 unspecified atom stereocenters. The van der Waals surface area contributed by atoms with Crippen molar-refractivity contribution in [2.24, 2.45) is 0 Å². The summed E-state index contributed by atoms with van der Waals surface area (Å²) in [6, 6.07) is 21.0. The van der Waals surface area contributed by atoms with Gasteiger partial charge in [-0.1, -0.05) is 56.3 Å². The molecule has 33 heavy (non-hydrogen) atoms. The lowest BCUT2D eigenvalue weighted by Gasteiger charge is -2.16. The smallest absolute Gasteiger partial charge is 0.148 e. The summed E-state index contributed by atoms with van der Waals surface area (Å²) in [5, 5.41) is 0. The summed E-state index contributed by atoms with van der Waals surface area (Å²) in [6.45, 7) is 12.6. The molecule has 3 aromatic carbocycles. The molecule has 1 heterocycles. The molecule has 172 valence electrons. The lowest BCUT2D eigenvalue weighted by atomic mass is 10.0. The van der Waals surface area contributed by atoms with Crippen molar-refractivity contribution >= 4 is 11.0 Å². The molecular formula is C29H34N2O2. The topological polar surface area (TPSA) is 36.3 Å². The minimum atomic E-state index is 0.404. The van der Waals surface area contributed by atoms with Gasteiger partial charge in [-0.3, -0.25) is 0 Å². The van der Waals surface area contributed by atoms with Gasteiger partial charge in [-0.2, -0.15) is 0 Å². The predicted octanol–water partition coefficient (Wildman–Crippen LogP) is 7.13. The largest absolute Gasteiger partial charge is 0.493 e. The van der Waals surface area contributed by atoms with Crippen molar-refractivity contribution in [3.63, 3.8) is 0 Å². The van der Waals surface area contributed by atoms with Gasteiger partial charge in [0.1, 0.15) is 23.9 Å². The van der Waals surface area contributed by atoms with Crippen molar-refractivity contribution in [1.29, 1.82) is 0 Å². The average Bonchev–Trinajstić information content (AvgIpc) is 3.14. The first kappa shape index (κ1) is 22.9. The molecule has 0 N–H and O–H groups in total. The Balaban J connectivity index is 1.50. The van der Waals surface area contributed by atoms with Crippen molar-refractivity contribution in [1.82, 2.24) is 9.55 Å². The number of para-hydroxylation sites is 3. The Hall–Kier alpha value is -3.27. The third-order valence-corrected chi connectivity index (χ3v) is 6.06. The monoisotopic (exact) mass is 442 g/mol. The molecule has 0 bridgehead atoms. The normalized spacial score (nSPS) is 11.3. The van der Waals surface area contributed by atoms with E-state index in [-0.39, 0.29) is 0 Å². The number of hydrogen-bond acceptors (Lipinski definition) is 3. The summed E-state index contributed by atoms with van der Waals surface area (Å²) in [5.74, 6) is 3.29. The van der Waals surface area contributed by atoms with Crippen LogP contribution < -0.4 is 9.47 Å². The summed E-state index contributed by atoms with van der Waals surface area (Å²) in [6.07, 6.45) is 0.892. The van der Waals surface area contributed by atoms with Crippen molar-refractivity contribution < 1.29 is 9.47 Å². The number of imidazole rings is 1. The minimum Gasteiger partial charge on any atom is -0.493 e. The first-order chi connectivity index (χ1) is 15.9. The molecule has 0 saturated heterocycles. The van der Waals surface area contributed by atoms with Gasteiger partial charge in [0.05, 0.1) is 17.6 Å². The number of aromatic nitrogens is 2. The first-order valence-electron chi connectivity index (χ1n) is 11.8. The number of rotatable bonds is 9. The summed E-state index contributed by atoms with van der Waals surface area (Å²) in [7, 11) is 0. The number of fused-ring (bicyclic) bond motifs is 1. The summed E-state index contributed by atoms with van der Waals surface area (Å²) in [5.41, 5.74) is 6.92. The van der Waals surface area contributed by atoms with Crippen molar-refractivity contribution in [2.45, 2.75) is 60.1 Å². The van der Waals surface area contributed by atoms with E-state index in [0.717, 1.165) is 41.3 Å². The molecule has 0 saturated carbocycles. The van der Waals surface area contributed by atoms with E-state index >= 15 is 0 Å². The van der Waals surface area contributed by atoms with E-state index in [1.807, 2.05) is 6.07 Å². The molecule has 0 spiro atoms. The quantitative estimate of drug-likeness (QED) is 0.259. The fourth-order valence-electron chi connectivity index (χ4n) is 4.29. The second kappa shape index (κ2) is 10.1. The number of hydrogen-bond donors (Lipinski definition) is 0.